The van der Waals surface area contributed by atoms with Crippen LogP contribution in [0.1, 0.15) is 6.92 Å². The van der Waals surface area contributed by atoms with Gasteiger partial charge in [-0.2, -0.15) is 5.06 Å². The van der Waals surface area contributed by atoms with Crippen molar-refractivity contribution in [3.05, 3.63) is 0 Å². The molecular weight excluding hydrogens is 150 g/mol. The highest BCUT2D eigenvalue weighted by Gasteiger charge is 2.44. The molecule has 4 N–H and O–H groups in total. The summed E-state index contributed by atoms with van der Waals surface area (Å²) < 4.78 is 0. The van der Waals surface area contributed by atoms with Crippen LogP contribution >= 0.6 is 0 Å². The largest absolute Gasteiger partial charge is 0.395 e. The van der Waals surface area contributed by atoms with Gasteiger partial charge >= 0.3 is 0 Å². The maximum absolute atomic E-state index is 9.19. The van der Waals surface area contributed by atoms with Crippen LogP contribution in [0.5, 0.6) is 0 Å². The van der Waals surface area contributed by atoms with Gasteiger partial charge in [0.05, 0.1) is 24.8 Å². The van der Waals surface area contributed by atoms with Gasteiger partial charge < -0.3 is 20.5 Å². The lowest BCUT2D eigenvalue weighted by Crippen LogP contribution is -2.38. The topological polar surface area (TPSA) is 84.2 Å². The highest BCUT2D eigenvalue weighted by atomic mass is 16.5. The predicted molar refractivity (Wildman–Crippen MR) is 36.0 cm³/mol. The number of aliphatic hydroxyl groups excluding tert-OH is 3. The fourth-order valence-electron chi connectivity index (χ4n) is 1.32. The van der Waals surface area contributed by atoms with Crippen LogP contribution in [0.15, 0.2) is 0 Å². The van der Waals surface area contributed by atoms with Crippen LogP contribution in [0.3, 0.4) is 0 Å². The molecule has 1 heterocycles. The molecule has 0 radical (unpaired) electrons. The van der Waals surface area contributed by atoms with Crippen LogP contribution < -0.4 is 0 Å². The van der Waals surface area contributed by atoms with Crippen molar-refractivity contribution in [2.24, 2.45) is 0 Å². The summed E-state index contributed by atoms with van der Waals surface area (Å²) >= 11 is 0. The van der Waals surface area contributed by atoms with E-state index in [-0.39, 0.29) is 6.61 Å². The summed E-state index contributed by atoms with van der Waals surface area (Å²) in [5.41, 5.74) is 0. The minimum absolute atomic E-state index is 0.362. The van der Waals surface area contributed by atoms with Crippen molar-refractivity contribution in [3.63, 3.8) is 0 Å². The molecule has 0 aromatic carbocycles. The Morgan fingerprint density at radius 2 is 1.82 bits per heavy atom. The molecule has 0 aromatic heterocycles. The van der Waals surface area contributed by atoms with Gasteiger partial charge in [-0.3, -0.25) is 0 Å². The van der Waals surface area contributed by atoms with Crippen molar-refractivity contribution >= 4 is 0 Å². The Kier molecular flexibility index (Phi) is 2.46. The summed E-state index contributed by atoms with van der Waals surface area (Å²) in [7, 11) is 0. The van der Waals surface area contributed by atoms with E-state index in [0.717, 1.165) is 5.06 Å². The van der Waals surface area contributed by atoms with E-state index in [2.05, 4.69) is 0 Å². The smallest absolute Gasteiger partial charge is 0.102 e. The summed E-state index contributed by atoms with van der Waals surface area (Å²) in [5, 5.41) is 37.0. The normalized spacial score (nSPS) is 46.6. The first-order valence-electron chi connectivity index (χ1n) is 3.53. The van der Waals surface area contributed by atoms with Gasteiger partial charge in [-0.25, -0.2) is 0 Å². The first-order chi connectivity index (χ1) is 5.09. The number of hydrogen-bond acceptors (Lipinski definition) is 5. The maximum Gasteiger partial charge on any atom is 0.102 e. The van der Waals surface area contributed by atoms with Gasteiger partial charge in [0.2, 0.25) is 0 Å². The molecule has 5 heteroatoms. The number of rotatable bonds is 1. The first-order valence-corrected chi connectivity index (χ1v) is 3.53. The van der Waals surface area contributed by atoms with Crippen molar-refractivity contribution in [1.29, 1.82) is 0 Å². The fourth-order valence-corrected chi connectivity index (χ4v) is 1.32. The van der Waals surface area contributed by atoms with E-state index in [1.807, 2.05) is 0 Å². The molecule has 1 fully saturated rings. The number of hydrogen-bond donors (Lipinski definition) is 4. The minimum atomic E-state index is -1.07. The second kappa shape index (κ2) is 3.04. The molecule has 1 aliphatic heterocycles. The van der Waals surface area contributed by atoms with Gasteiger partial charge in [-0.15, -0.1) is 0 Å². The molecule has 5 nitrogen and oxygen atoms in total. The molecule has 1 saturated heterocycles. The number of nitrogens with zero attached hydrogens (tertiary/aromatic N) is 1. The maximum atomic E-state index is 9.19. The molecule has 11 heavy (non-hydrogen) atoms. The van der Waals surface area contributed by atoms with Gasteiger partial charge in [0.1, 0.15) is 6.10 Å². The van der Waals surface area contributed by atoms with Crippen molar-refractivity contribution in [2.45, 2.75) is 31.2 Å². The SMILES string of the molecule is C[C@@H]1[C@@H](O)[C@H](O)[C@@H](CO)N1O. The second-order valence-electron chi connectivity index (χ2n) is 2.85. The molecule has 0 unspecified atom stereocenters. The fraction of sp³-hybridized carbons (Fsp3) is 1.00. The Bertz CT molecular complexity index is 129. The molecular formula is C6H13NO4. The average Bonchev–Trinajstić information content (AvgIpc) is 2.17. The zero-order valence-electron chi connectivity index (χ0n) is 6.25. The Morgan fingerprint density at radius 3 is 2.00 bits per heavy atom. The lowest BCUT2D eigenvalue weighted by Gasteiger charge is -2.18. The van der Waals surface area contributed by atoms with E-state index < -0.39 is 24.3 Å². The molecule has 0 aromatic rings. The summed E-state index contributed by atoms with van der Waals surface area (Å²) in [6.45, 7) is 1.21. The third kappa shape index (κ3) is 1.25. The zero-order valence-corrected chi connectivity index (χ0v) is 6.25. The summed E-state index contributed by atoms with van der Waals surface area (Å²) in [5.74, 6) is 0. The molecule has 1 rings (SSSR count). The summed E-state index contributed by atoms with van der Waals surface area (Å²) in [4.78, 5) is 0. The third-order valence-electron chi connectivity index (χ3n) is 2.18. The Balaban J connectivity index is 2.69. The van der Waals surface area contributed by atoms with Crippen LogP contribution in [0.4, 0.5) is 0 Å². The Morgan fingerprint density at radius 1 is 1.27 bits per heavy atom. The lowest BCUT2D eigenvalue weighted by atomic mass is 10.1. The molecule has 0 spiro atoms. The van der Waals surface area contributed by atoms with E-state index in [0.29, 0.717) is 0 Å². The van der Waals surface area contributed by atoms with Crippen molar-refractivity contribution in [3.8, 4) is 0 Å². The Labute approximate surface area is 64.4 Å². The van der Waals surface area contributed by atoms with Gasteiger partial charge in [0, 0.05) is 0 Å². The molecule has 0 amide bonds. The quantitative estimate of drug-likeness (QED) is 0.365. The first kappa shape index (κ1) is 8.89. The van der Waals surface area contributed by atoms with E-state index in [4.69, 9.17) is 10.3 Å². The zero-order chi connectivity index (χ0) is 8.59. The monoisotopic (exact) mass is 163 g/mol. The standard InChI is InChI=1S/C6H13NO4/c1-3-5(9)6(10)4(2-8)7(3)11/h3-6,8-11H,2H2,1H3/t3-,4-,5-,6-/m1/s1. The Hall–Kier alpha value is -0.200. The molecule has 0 bridgehead atoms. The van der Waals surface area contributed by atoms with E-state index >= 15 is 0 Å². The summed E-state index contributed by atoms with van der Waals surface area (Å²) in [6.07, 6.45) is -2.06. The van der Waals surface area contributed by atoms with Crippen LogP contribution in [-0.4, -0.2) is 56.5 Å². The van der Waals surface area contributed by atoms with E-state index in [1.165, 1.54) is 0 Å². The van der Waals surface area contributed by atoms with Crippen molar-refractivity contribution in [1.82, 2.24) is 5.06 Å². The third-order valence-corrected chi connectivity index (χ3v) is 2.18. The predicted octanol–water partition coefficient (Wildman–Crippen LogP) is -1.84. The van der Waals surface area contributed by atoms with Crippen LogP contribution in [-0.2, 0) is 0 Å². The molecule has 0 saturated carbocycles. The highest BCUT2D eigenvalue weighted by molar-refractivity contribution is 4.94. The second-order valence-corrected chi connectivity index (χ2v) is 2.85. The highest BCUT2D eigenvalue weighted by Crippen LogP contribution is 2.22. The number of hydroxylamine groups is 2. The molecule has 66 valence electrons. The lowest BCUT2D eigenvalue weighted by molar-refractivity contribution is -0.150. The molecule has 1 aliphatic rings. The van der Waals surface area contributed by atoms with E-state index in [1.54, 1.807) is 6.92 Å². The van der Waals surface area contributed by atoms with Crippen molar-refractivity contribution in [2.75, 3.05) is 6.61 Å². The van der Waals surface area contributed by atoms with Gasteiger partial charge in [-0.05, 0) is 6.92 Å². The van der Waals surface area contributed by atoms with Crippen LogP contribution in [0.25, 0.3) is 0 Å². The van der Waals surface area contributed by atoms with Crippen molar-refractivity contribution < 1.29 is 20.5 Å². The minimum Gasteiger partial charge on any atom is -0.395 e. The van der Waals surface area contributed by atoms with Crippen LogP contribution in [0, 0.1) is 0 Å². The number of aliphatic hydroxyl groups is 3. The molecule has 4 atom stereocenters. The van der Waals surface area contributed by atoms with Gasteiger partial charge in [0.25, 0.3) is 0 Å². The van der Waals surface area contributed by atoms with E-state index in [9.17, 15) is 10.2 Å². The molecule has 0 aliphatic carbocycles. The average molecular weight is 163 g/mol. The van der Waals surface area contributed by atoms with Crippen LogP contribution in [0.2, 0.25) is 0 Å². The van der Waals surface area contributed by atoms with Gasteiger partial charge in [0.15, 0.2) is 0 Å². The summed E-state index contributed by atoms with van der Waals surface area (Å²) in [6, 6.07) is -1.29. The van der Waals surface area contributed by atoms with Gasteiger partial charge in [-0.1, -0.05) is 0 Å².